The molecule has 0 aromatic carbocycles. The van der Waals surface area contributed by atoms with Gasteiger partial charge in [-0.1, -0.05) is 6.07 Å². The van der Waals surface area contributed by atoms with Crippen molar-refractivity contribution in [2.75, 3.05) is 13.6 Å². The van der Waals surface area contributed by atoms with Crippen molar-refractivity contribution in [2.45, 2.75) is 13.0 Å². The molecule has 1 aliphatic rings. The maximum atomic E-state index is 11.4. The normalized spacial score (nSPS) is 14.8. The average Bonchev–Trinajstić information content (AvgIpc) is 2.27. The zero-order chi connectivity index (χ0) is 9.97. The van der Waals surface area contributed by atoms with E-state index in [0.717, 1.165) is 18.7 Å². The van der Waals surface area contributed by atoms with Crippen LogP contribution in [0.3, 0.4) is 0 Å². The highest BCUT2D eigenvalue weighted by Gasteiger charge is 2.19. The van der Waals surface area contributed by atoms with Crippen molar-refractivity contribution in [1.82, 2.24) is 15.2 Å². The van der Waals surface area contributed by atoms with Crippen molar-refractivity contribution in [3.8, 4) is 0 Å². The molecule has 1 aliphatic heterocycles. The SMILES string of the molecule is CNC(=O)N1CCc2cccnc2C1. The second-order valence-corrected chi connectivity index (χ2v) is 3.34. The predicted octanol–water partition coefficient (Wildman–Crippen LogP) is 0.779. The minimum atomic E-state index is -0.0266. The van der Waals surface area contributed by atoms with Crippen LogP contribution in [0.5, 0.6) is 0 Å². The first-order valence-electron chi connectivity index (χ1n) is 4.70. The lowest BCUT2D eigenvalue weighted by atomic mass is 10.1. The fraction of sp³-hybridized carbons (Fsp3) is 0.400. The Morgan fingerprint density at radius 2 is 2.50 bits per heavy atom. The molecule has 0 fully saturated rings. The highest BCUT2D eigenvalue weighted by atomic mass is 16.2. The van der Waals surface area contributed by atoms with Crippen molar-refractivity contribution in [3.63, 3.8) is 0 Å². The molecule has 74 valence electrons. The zero-order valence-corrected chi connectivity index (χ0v) is 8.16. The summed E-state index contributed by atoms with van der Waals surface area (Å²) in [5.41, 5.74) is 2.27. The summed E-state index contributed by atoms with van der Waals surface area (Å²) >= 11 is 0. The maximum Gasteiger partial charge on any atom is 0.317 e. The standard InChI is InChI=1S/C10H13N3O/c1-11-10(14)13-6-4-8-3-2-5-12-9(8)7-13/h2-3,5H,4,6-7H2,1H3,(H,11,14). The van der Waals surface area contributed by atoms with E-state index < -0.39 is 0 Å². The molecular formula is C10H13N3O. The van der Waals surface area contributed by atoms with Gasteiger partial charge >= 0.3 is 6.03 Å². The van der Waals surface area contributed by atoms with E-state index in [1.807, 2.05) is 6.07 Å². The van der Waals surface area contributed by atoms with Crippen LogP contribution in [0.1, 0.15) is 11.3 Å². The highest BCUT2D eigenvalue weighted by Crippen LogP contribution is 2.15. The Labute approximate surface area is 82.9 Å². The molecule has 0 bridgehead atoms. The minimum Gasteiger partial charge on any atom is -0.341 e. The fourth-order valence-electron chi connectivity index (χ4n) is 1.69. The van der Waals surface area contributed by atoms with Gasteiger partial charge in [0.1, 0.15) is 0 Å². The number of amides is 2. The first-order chi connectivity index (χ1) is 6.81. The molecule has 4 heteroatoms. The topological polar surface area (TPSA) is 45.2 Å². The smallest absolute Gasteiger partial charge is 0.317 e. The molecule has 0 unspecified atom stereocenters. The second kappa shape index (κ2) is 3.65. The van der Waals surface area contributed by atoms with E-state index in [4.69, 9.17) is 0 Å². The van der Waals surface area contributed by atoms with Crippen LogP contribution in [0.25, 0.3) is 0 Å². The minimum absolute atomic E-state index is 0.0266. The summed E-state index contributed by atoms with van der Waals surface area (Å²) in [5, 5.41) is 2.62. The molecule has 0 saturated carbocycles. The van der Waals surface area contributed by atoms with Crippen molar-refractivity contribution < 1.29 is 4.79 Å². The highest BCUT2D eigenvalue weighted by molar-refractivity contribution is 5.74. The Balaban J connectivity index is 2.17. The summed E-state index contributed by atoms with van der Waals surface area (Å²) in [4.78, 5) is 17.4. The molecule has 0 radical (unpaired) electrons. The van der Waals surface area contributed by atoms with Crippen LogP contribution in [-0.4, -0.2) is 29.5 Å². The number of rotatable bonds is 0. The van der Waals surface area contributed by atoms with E-state index in [2.05, 4.69) is 16.4 Å². The quantitative estimate of drug-likeness (QED) is 0.658. The molecule has 0 spiro atoms. The van der Waals surface area contributed by atoms with Gasteiger partial charge in [-0.15, -0.1) is 0 Å². The van der Waals surface area contributed by atoms with Crippen LogP contribution in [0.15, 0.2) is 18.3 Å². The van der Waals surface area contributed by atoms with Gasteiger partial charge in [0, 0.05) is 19.8 Å². The first kappa shape index (κ1) is 8.99. The summed E-state index contributed by atoms with van der Waals surface area (Å²) in [6.45, 7) is 1.40. The lowest BCUT2D eigenvalue weighted by molar-refractivity contribution is 0.193. The molecule has 2 heterocycles. The Morgan fingerprint density at radius 1 is 1.64 bits per heavy atom. The lowest BCUT2D eigenvalue weighted by Crippen LogP contribution is -2.41. The monoisotopic (exact) mass is 191 g/mol. The lowest BCUT2D eigenvalue weighted by Gasteiger charge is -2.27. The summed E-state index contributed by atoms with van der Waals surface area (Å²) in [6.07, 6.45) is 2.67. The Hall–Kier alpha value is -1.58. The fourth-order valence-corrected chi connectivity index (χ4v) is 1.69. The molecule has 1 aromatic heterocycles. The third-order valence-electron chi connectivity index (χ3n) is 2.48. The van der Waals surface area contributed by atoms with Gasteiger partial charge in [0.2, 0.25) is 0 Å². The summed E-state index contributed by atoms with van der Waals surface area (Å²) < 4.78 is 0. The number of pyridine rings is 1. The summed E-state index contributed by atoms with van der Waals surface area (Å²) in [6, 6.07) is 3.99. The zero-order valence-electron chi connectivity index (χ0n) is 8.16. The molecular weight excluding hydrogens is 178 g/mol. The molecule has 0 atom stereocenters. The van der Waals surface area contributed by atoms with Gasteiger partial charge in [0.05, 0.1) is 12.2 Å². The molecule has 14 heavy (non-hydrogen) atoms. The number of carbonyl (C=O) groups is 1. The number of hydrogen-bond donors (Lipinski definition) is 1. The van der Waals surface area contributed by atoms with Crippen molar-refractivity contribution in [3.05, 3.63) is 29.6 Å². The maximum absolute atomic E-state index is 11.4. The number of nitrogens with one attached hydrogen (secondary N) is 1. The first-order valence-corrected chi connectivity index (χ1v) is 4.70. The molecule has 1 N–H and O–H groups in total. The molecule has 2 rings (SSSR count). The van der Waals surface area contributed by atoms with Crippen LogP contribution in [0.4, 0.5) is 4.79 Å². The van der Waals surface area contributed by atoms with Crippen LogP contribution >= 0.6 is 0 Å². The van der Waals surface area contributed by atoms with E-state index >= 15 is 0 Å². The Bertz CT molecular complexity index is 351. The van der Waals surface area contributed by atoms with Crippen molar-refractivity contribution >= 4 is 6.03 Å². The van der Waals surface area contributed by atoms with E-state index in [9.17, 15) is 4.79 Å². The van der Waals surface area contributed by atoms with Crippen LogP contribution in [-0.2, 0) is 13.0 Å². The van der Waals surface area contributed by atoms with Gasteiger partial charge < -0.3 is 10.2 Å². The molecule has 1 aromatic rings. The van der Waals surface area contributed by atoms with Gasteiger partial charge in [-0.3, -0.25) is 4.98 Å². The van der Waals surface area contributed by atoms with Crippen LogP contribution in [0.2, 0.25) is 0 Å². The van der Waals surface area contributed by atoms with Gasteiger partial charge in [0.25, 0.3) is 0 Å². The van der Waals surface area contributed by atoms with E-state index in [-0.39, 0.29) is 6.03 Å². The summed E-state index contributed by atoms with van der Waals surface area (Å²) in [5.74, 6) is 0. The van der Waals surface area contributed by atoms with Gasteiger partial charge in [-0.25, -0.2) is 4.79 Å². The van der Waals surface area contributed by atoms with Gasteiger partial charge in [-0.05, 0) is 18.1 Å². The van der Waals surface area contributed by atoms with E-state index in [1.54, 1.807) is 18.1 Å². The average molecular weight is 191 g/mol. The predicted molar refractivity (Wildman–Crippen MR) is 52.8 cm³/mol. The Kier molecular flexibility index (Phi) is 2.35. The molecule has 4 nitrogen and oxygen atoms in total. The summed E-state index contributed by atoms with van der Waals surface area (Å²) in [7, 11) is 1.65. The number of fused-ring (bicyclic) bond motifs is 1. The van der Waals surface area contributed by atoms with Gasteiger partial charge in [0.15, 0.2) is 0 Å². The number of urea groups is 1. The number of aromatic nitrogens is 1. The largest absolute Gasteiger partial charge is 0.341 e. The van der Waals surface area contributed by atoms with Crippen molar-refractivity contribution in [1.29, 1.82) is 0 Å². The third kappa shape index (κ3) is 1.55. The van der Waals surface area contributed by atoms with Crippen LogP contribution < -0.4 is 5.32 Å². The van der Waals surface area contributed by atoms with Gasteiger partial charge in [-0.2, -0.15) is 0 Å². The Morgan fingerprint density at radius 3 is 3.29 bits per heavy atom. The second-order valence-electron chi connectivity index (χ2n) is 3.34. The van der Waals surface area contributed by atoms with E-state index in [0.29, 0.717) is 6.54 Å². The van der Waals surface area contributed by atoms with Crippen molar-refractivity contribution in [2.24, 2.45) is 0 Å². The third-order valence-corrected chi connectivity index (χ3v) is 2.48. The molecule has 0 aliphatic carbocycles. The number of nitrogens with zero attached hydrogens (tertiary/aromatic N) is 2. The van der Waals surface area contributed by atoms with Crippen LogP contribution in [0, 0.1) is 0 Å². The molecule has 2 amide bonds. The number of hydrogen-bond acceptors (Lipinski definition) is 2. The molecule has 0 saturated heterocycles. The number of carbonyl (C=O) groups excluding carboxylic acids is 1. The van der Waals surface area contributed by atoms with E-state index in [1.165, 1.54) is 5.56 Å².